The van der Waals surface area contributed by atoms with Gasteiger partial charge in [-0.15, -0.1) is 11.3 Å². The van der Waals surface area contributed by atoms with Crippen LogP contribution in [0.15, 0.2) is 0 Å². The van der Waals surface area contributed by atoms with E-state index in [1.165, 1.54) is 0 Å². The van der Waals surface area contributed by atoms with Gasteiger partial charge in [-0.05, 0) is 6.92 Å². The van der Waals surface area contributed by atoms with E-state index in [-0.39, 0.29) is 27.6 Å². The molecule has 76 valence electrons. The first kappa shape index (κ1) is 11.0. The first-order valence-corrected chi connectivity index (χ1v) is 4.86. The van der Waals surface area contributed by atoms with Gasteiger partial charge in [-0.1, -0.05) is 0 Å². The smallest absolute Gasteiger partial charge is 0.349 e. The maximum absolute atomic E-state index is 11.4. The van der Waals surface area contributed by atoms with Crippen molar-refractivity contribution in [3.05, 3.63) is 16.0 Å². The molecule has 1 aromatic rings. The molecule has 0 saturated heterocycles. The highest BCUT2D eigenvalue weighted by Gasteiger charge is 2.22. The maximum atomic E-state index is 11.4. The minimum absolute atomic E-state index is 0.00144. The molecule has 0 fully saturated rings. The summed E-state index contributed by atoms with van der Waals surface area (Å²) in [5, 5.41) is 17.7. The number of esters is 1. The topological polar surface area (TPSA) is 99.9 Å². The van der Waals surface area contributed by atoms with Crippen LogP contribution < -0.4 is 5.73 Å². The van der Waals surface area contributed by atoms with Gasteiger partial charge in [0.25, 0.3) is 0 Å². The maximum Gasteiger partial charge on any atom is 0.349 e. The summed E-state index contributed by atoms with van der Waals surface area (Å²) in [5.74, 6) is -0.618. The summed E-state index contributed by atoms with van der Waals surface area (Å²) < 4.78 is 4.74. The van der Waals surface area contributed by atoms with Crippen molar-refractivity contribution in [3.8, 4) is 12.1 Å². The first-order valence-electron chi connectivity index (χ1n) is 4.05. The number of nitrogen functional groups attached to an aromatic ring is 1. The number of nitrogens with two attached hydrogens (primary N) is 1. The highest BCUT2D eigenvalue weighted by atomic mass is 32.1. The summed E-state index contributed by atoms with van der Waals surface area (Å²) in [6.45, 7) is 1.87. The van der Waals surface area contributed by atoms with Gasteiger partial charge in [0.15, 0.2) is 0 Å². The first-order chi connectivity index (χ1) is 7.15. The summed E-state index contributed by atoms with van der Waals surface area (Å²) in [4.78, 5) is 11.5. The van der Waals surface area contributed by atoms with E-state index in [0.717, 1.165) is 11.3 Å². The fourth-order valence-corrected chi connectivity index (χ4v) is 1.87. The van der Waals surface area contributed by atoms with E-state index in [0.29, 0.717) is 0 Å². The van der Waals surface area contributed by atoms with Gasteiger partial charge in [0.2, 0.25) is 0 Å². The molecular formula is C9H7N3O2S. The van der Waals surface area contributed by atoms with Crippen LogP contribution in [-0.4, -0.2) is 12.6 Å². The number of nitrogens with zero attached hydrogens (tertiary/aromatic N) is 2. The molecule has 2 N–H and O–H groups in total. The Morgan fingerprint density at radius 1 is 1.47 bits per heavy atom. The minimum atomic E-state index is -0.618. The molecule has 6 heteroatoms. The second-order valence-electron chi connectivity index (χ2n) is 2.49. The Morgan fingerprint density at radius 2 is 2.07 bits per heavy atom. The van der Waals surface area contributed by atoms with Crippen LogP contribution in [0.3, 0.4) is 0 Å². The fraction of sp³-hybridized carbons (Fsp3) is 0.222. The number of anilines is 1. The van der Waals surface area contributed by atoms with Crippen molar-refractivity contribution in [2.24, 2.45) is 0 Å². The number of carbonyl (C=O) groups excluding carboxylic acids is 1. The zero-order valence-corrected chi connectivity index (χ0v) is 8.72. The van der Waals surface area contributed by atoms with Gasteiger partial charge >= 0.3 is 5.97 Å². The van der Waals surface area contributed by atoms with Gasteiger partial charge in [0.1, 0.15) is 27.6 Å². The standard InChI is InChI=1S/C9H7N3O2S/c1-2-14-9(13)7-5(3-10)6(4-11)8(12)15-7/h2,12H2,1H3. The van der Waals surface area contributed by atoms with E-state index >= 15 is 0 Å². The third-order valence-corrected chi connectivity index (χ3v) is 2.62. The molecule has 0 aliphatic carbocycles. The lowest BCUT2D eigenvalue weighted by Gasteiger charge is -1.97. The average Bonchev–Trinajstić information content (AvgIpc) is 2.54. The lowest BCUT2D eigenvalue weighted by molar-refractivity contribution is 0.0532. The number of hydrogen-bond acceptors (Lipinski definition) is 6. The van der Waals surface area contributed by atoms with E-state index in [9.17, 15) is 4.79 Å². The molecule has 1 rings (SSSR count). The van der Waals surface area contributed by atoms with Gasteiger partial charge in [-0.2, -0.15) is 10.5 Å². The monoisotopic (exact) mass is 221 g/mol. The van der Waals surface area contributed by atoms with Crippen LogP contribution in [0.4, 0.5) is 5.00 Å². The molecule has 5 nitrogen and oxygen atoms in total. The molecule has 1 aromatic heterocycles. The van der Waals surface area contributed by atoms with Gasteiger partial charge in [0.05, 0.1) is 12.2 Å². The van der Waals surface area contributed by atoms with Crippen LogP contribution in [0.5, 0.6) is 0 Å². The molecule has 0 spiro atoms. The van der Waals surface area contributed by atoms with Crippen molar-refractivity contribution in [3.63, 3.8) is 0 Å². The van der Waals surface area contributed by atoms with E-state index in [1.54, 1.807) is 19.1 Å². The predicted molar refractivity (Wildman–Crippen MR) is 54.1 cm³/mol. The van der Waals surface area contributed by atoms with Crippen molar-refractivity contribution >= 4 is 22.3 Å². The molecule has 0 aliphatic heterocycles. The van der Waals surface area contributed by atoms with Gasteiger partial charge in [0, 0.05) is 0 Å². The average molecular weight is 221 g/mol. The van der Waals surface area contributed by atoms with Crippen LogP contribution in [0.25, 0.3) is 0 Å². The zero-order valence-electron chi connectivity index (χ0n) is 7.90. The highest BCUT2D eigenvalue weighted by molar-refractivity contribution is 7.18. The van der Waals surface area contributed by atoms with Crippen LogP contribution in [0.1, 0.15) is 27.7 Å². The molecule has 0 saturated carbocycles. The van der Waals surface area contributed by atoms with Crippen LogP contribution in [-0.2, 0) is 4.74 Å². The van der Waals surface area contributed by atoms with Crippen molar-refractivity contribution in [1.29, 1.82) is 10.5 Å². The summed E-state index contributed by atoms with van der Waals surface area (Å²) in [6.07, 6.45) is 0. The molecule has 1 heterocycles. The predicted octanol–water partition coefficient (Wildman–Crippen LogP) is 1.25. The fourth-order valence-electron chi connectivity index (χ4n) is 1.01. The van der Waals surface area contributed by atoms with Crippen LogP contribution in [0.2, 0.25) is 0 Å². The molecule has 0 bridgehead atoms. The zero-order chi connectivity index (χ0) is 11.4. The van der Waals surface area contributed by atoms with Gasteiger partial charge in [-0.3, -0.25) is 0 Å². The number of ether oxygens (including phenoxy) is 1. The molecule has 0 atom stereocenters. The van der Waals surface area contributed by atoms with Crippen molar-refractivity contribution < 1.29 is 9.53 Å². The Bertz CT molecular complexity index is 479. The molecule has 0 aliphatic rings. The van der Waals surface area contributed by atoms with E-state index < -0.39 is 5.97 Å². The Labute approximate surface area is 90.3 Å². The Morgan fingerprint density at radius 3 is 2.53 bits per heavy atom. The van der Waals surface area contributed by atoms with Crippen LogP contribution in [0, 0.1) is 22.7 Å². The van der Waals surface area contributed by atoms with Gasteiger partial charge < -0.3 is 10.5 Å². The third kappa shape index (κ3) is 1.90. The number of thiophene rings is 1. The summed E-state index contributed by atoms with van der Waals surface area (Å²) in [5.41, 5.74) is 5.54. The number of carbonyl (C=O) groups is 1. The highest BCUT2D eigenvalue weighted by Crippen LogP contribution is 2.30. The molecule has 0 radical (unpaired) electrons. The SMILES string of the molecule is CCOC(=O)c1sc(N)c(C#N)c1C#N. The normalized spacial score (nSPS) is 9.00. The van der Waals surface area contributed by atoms with Crippen LogP contribution >= 0.6 is 11.3 Å². The summed E-state index contributed by atoms with van der Waals surface area (Å²) in [6, 6.07) is 3.57. The molecule has 0 aromatic carbocycles. The van der Waals surface area contributed by atoms with Crippen molar-refractivity contribution in [2.75, 3.05) is 12.3 Å². The molecule has 0 amide bonds. The quantitative estimate of drug-likeness (QED) is 0.757. The van der Waals surface area contributed by atoms with E-state index in [2.05, 4.69) is 0 Å². The molecule has 0 unspecified atom stereocenters. The molecule has 15 heavy (non-hydrogen) atoms. The third-order valence-electron chi connectivity index (χ3n) is 1.62. The second kappa shape index (κ2) is 4.45. The largest absolute Gasteiger partial charge is 0.462 e. The number of rotatable bonds is 2. The van der Waals surface area contributed by atoms with E-state index in [1.807, 2.05) is 0 Å². The Hall–Kier alpha value is -2.05. The van der Waals surface area contributed by atoms with Crippen molar-refractivity contribution in [2.45, 2.75) is 6.92 Å². The lowest BCUT2D eigenvalue weighted by Crippen LogP contribution is -2.04. The van der Waals surface area contributed by atoms with Crippen molar-refractivity contribution in [1.82, 2.24) is 0 Å². The lowest BCUT2D eigenvalue weighted by atomic mass is 10.2. The summed E-state index contributed by atoms with van der Waals surface area (Å²) in [7, 11) is 0. The number of hydrogen-bond donors (Lipinski definition) is 1. The minimum Gasteiger partial charge on any atom is -0.462 e. The summed E-state index contributed by atoms with van der Waals surface area (Å²) >= 11 is 0.896. The van der Waals surface area contributed by atoms with E-state index in [4.69, 9.17) is 21.0 Å². The number of nitriles is 2. The molecular weight excluding hydrogens is 214 g/mol. The van der Waals surface area contributed by atoms with Gasteiger partial charge in [-0.25, -0.2) is 4.79 Å². The second-order valence-corrected chi connectivity index (χ2v) is 3.54. The Balaban J connectivity index is 3.28. The Kier molecular flexibility index (Phi) is 3.27.